The second-order valence-electron chi connectivity index (χ2n) is 12.6. The molecule has 0 unspecified atom stereocenters. The molecule has 0 atom stereocenters. The van der Waals surface area contributed by atoms with Gasteiger partial charge in [0.2, 0.25) is 0 Å². The fourth-order valence-electron chi connectivity index (χ4n) is 7.66. The number of benzene rings is 7. The van der Waals surface area contributed by atoms with Crippen LogP contribution in [-0.2, 0) is 5.41 Å². The van der Waals surface area contributed by atoms with E-state index in [4.69, 9.17) is 0 Å². The van der Waals surface area contributed by atoms with E-state index >= 15 is 0 Å². The van der Waals surface area contributed by atoms with Crippen molar-refractivity contribution in [2.24, 2.45) is 0 Å². The van der Waals surface area contributed by atoms with Gasteiger partial charge in [0.05, 0.1) is 0 Å². The Morgan fingerprint density at radius 2 is 1.05 bits per heavy atom. The molecule has 1 heterocycles. The van der Waals surface area contributed by atoms with Crippen LogP contribution in [0.3, 0.4) is 0 Å². The van der Waals surface area contributed by atoms with Gasteiger partial charge in [-0.05, 0) is 97.2 Å². The Hall–Kier alpha value is -4.72. The summed E-state index contributed by atoms with van der Waals surface area (Å²) in [6, 6.07) is 48.0. The Morgan fingerprint density at radius 3 is 1.88 bits per heavy atom. The molecule has 0 aliphatic heterocycles. The minimum Gasteiger partial charge on any atom is -0.135 e. The smallest absolute Gasteiger partial charge is 0.0355 e. The maximum absolute atomic E-state index is 2.47. The first-order chi connectivity index (χ1) is 21.0. The third-order valence-electron chi connectivity index (χ3n) is 9.72. The first-order valence-electron chi connectivity index (χ1n) is 15.1. The van der Waals surface area contributed by atoms with Gasteiger partial charge in [0.25, 0.3) is 0 Å². The van der Waals surface area contributed by atoms with Gasteiger partial charge in [0.15, 0.2) is 0 Å². The van der Waals surface area contributed by atoms with Crippen LogP contribution in [0.4, 0.5) is 0 Å². The van der Waals surface area contributed by atoms with E-state index in [1.165, 1.54) is 91.8 Å². The molecule has 0 saturated carbocycles. The summed E-state index contributed by atoms with van der Waals surface area (Å²) < 4.78 is 2.69. The van der Waals surface area contributed by atoms with Crippen LogP contribution in [0.2, 0.25) is 0 Å². The summed E-state index contributed by atoms with van der Waals surface area (Å²) in [6.45, 7) is 6.95. The fraction of sp³-hybridized carbons (Fsp3) is 0.0952. The van der Waals surface area contributed by atoms with Gasteiger partial charge in [-0.15, -0.1) is 11.3 Å². The summed E-state index contributed by atoms with van der Waals surface area (Å²) in [4.78, 5) is 0. The van der Waals surface area contributed by atoms with Gasteiger partial charge in [-0.3, -0.25) is 0 Å². The van der Waals surface area contributed by atoms with Gasteiger partial charge in [0.1, 0.15) is 0 Å². The number of thiophene rings is 1. The summed E-state index contributed by atoms with van der Waals surface area (Å²) in [6.07, 6.45) is 0. The molecule has 1 aliphatic carbocycles. The summed E-state index contributed by atoms with van der Waals surface area (Å²) in [5, 5.41) is 7.91. The highest BCUT2D eigenvalue weighted by molar-refractivity contribution is 7.25. The first kappa shape index (κ1) is 24.8. The molecule has 0 radical (unpaired) electrons. The Balaban J connectivity index is 1.36. The molecular formula is C42H30S. The highest BCUT2D eigenvalue weighted by atomic mass is 32.1. The molecule has 0 spiro atoms. The van der Waals surface area contributed by atoms with Crippen molar-refractivity contribution in [1.82, 2.24) is 0 Å². The van der Waals surface area contributed by atoms with E-state index in [0.717, 1.165) is 0 Å². The molecule has 0 bridgehead atoms. The summed E-state index contributed by atoms with van der Waals surface area (Å²) in [7, 11) is 0. The van der Waals surface area contributed by atoms with Crippen molar-refractivity contribution < 1.29 is 0 Å². The predicted octanol–water partition coefficient (Wildman–Crippen LogP) is 12.3. The normalized spacial score (nSPS) is 13.7. The van der Waals surface area contributed by atoms with Gasteiger partial charge in [-0.1, -0.05) is 123 Å². The lowest BCUT2D eigenvalue weighted by atomic mass is 9.80. The Morgan fingerprint density at radius 1 is 0.442 bits per heavy atom. The topological polar surface area (TPSA) is 0 Å². The van der Waals surface area contributed by atoms with Gasteiger partial charge in [-0.25, -0.2) is 0 Å². The lowest BCUT2D eigenvalue weighted by Gasteiger charge is -2.23. The van der Waals surface area contributed by atoms with Crippen molar-refractivity contribution in [3.63, 3.8) is 0 Å². The molecule has 0 amide bonds. The van der Waals surface area contributed by atoms with Crippen LogP contribution in [-0.4, -0.2) is 0 Å². The van der Waals surface area contributed by atoms with Crippen molar-refractivity contribution in [2.75, 3.05) is 0 Å². The number of aryl methyl sites for hydroxylation is 1. The summed E-state index contributed by atoms with van der Waals surface area (Å²) in [5.74, 6) is 0. The number of fused-ring (bicyclic) bond motifs is 8. The Kier molecular flexibility index (Phi) is 5.14. The lowest BCUT2D eigenvalue weighted by Crippen LogP contribution is -2.14. The standard InChI is InChI=1S/C42H30S/c1-25-16-19-33-35(22-25)41(27-17-20-29-28-10-6-8-14-36(28)42(2,3)37(29)24-27)32-13-5-4-12-31(32)40(33)26-18-21-39-34(23-26)30-11-7-9-15-38(30)43-39/h4-24H,1-3H3. The van der Waals surface area contributed by atoms with Gasteiger partial charge < -0.3 is 0 Å². The highest BCUT2D eigenvalue weighted by Crippen LogP contribution is 2.51. The molecule has 0 saturated heterocycles. The van der Waals surface area contributed by atoms with E-state index in [1.807, 2.05) is 11.3 Å². The zero-order chi connectivity index (χ0) is 28.9. The molecule has 9 rings (SSSR count). The van der Waals surface area contributed by atoms with Crippen molar-refractivity contribution in [1.29, 1.82) is 0 Å². The molecule has 43 heavy (non-hydrogen) atoms. The van der Waals surface area contributed by atoms with Crippen molar-refractivity contribution >= 4 is 53.1 Å². The van der Waals surface area contributed by atoms with Crippen molar-refractivity contribution in [3.8, 4) is 33.4 Å². The van der Waals surface area contributed by atoms with E-state index in [-0.39, 0.29) is 5.41 Å². The molecule has 1 aliphatic rings. The number of rotatable bonds is 2. The van der Waals surface area contributed by atoms with Gasteiger partial charge in [0, 0.05) is 25.6 Å². The maximum atomic E-state index is 2.47. The van der Waals surface area contributed by atoms with Crippen LogP contribution in [0.25, 0.3) is 75.1 Å². The zero-order valence-corrected chi connectivity index (χ0v) is 25.3. The van der Waals surface area contributed by atoms with E-state index in [2.05, 4.69) is 148 Å². The van der Waals surface area contributed by atoms with Crippen LogP contribution >= 0.6 is 11.3 Å². The second-order valence-corrected chi connectivity index (χ2v) is 13.7. The van der Waals surface area contributed by atoms with Crippen LogP contribution in [0, 0.1) is 6.92 Å². The molecule has 204 valence electrons. The molecule has 0 nitrogen and oxygen atoms in total. The number of hydrogen-bond donors (Lipinski definition) is 0. The molecule has 1 aromatic heterocycles. The zero-order valence-electron chi connectivity index (χ0n) is 24.5. The average molecular weight is 567 g/mol. The van der Waals surface area contributed by atoms with Crippen LogP contribution in [0.15, 0.2) is 127 Å². The third-order valence-corrected chi connectivity index (χ3v) is 10.9. The largest absolute Gasteiger partial charge is 0.135 e. The summed E-state index contributed by atoms with van der Waals surface area (Å²) >= 11 is 1.88. The minimum absolute atomic E-state index is 0.0396. The first-order valence-corrected chi connectivity index (χ1v) is 15.9. The second kappa shape index (κ2) is 8.89. The van der Waals surface area contributed by atoms with Crippen LogP contribution < -0.4 is 0 Å². The fourth-order valence-corrected chi connectivity index (χ4v) is 8.74. The van der Waals surface area contributed by atoms with Crippen molar-refractivity contribution in [3.05, 3.63) is 144 Å². The van der Waals surface area contributed by atoms with Gasteiger partial charge in [-0.2, -0.15) is 0 Å². The Labute approximate surface area is 255 Å². The molecule has 7 aromatic carbocycles. The quantitative estimate of drug-likeness (QED) is 0.183. The van der Waals surface area contributed by atoms with E-state index < -0.39 is 0 Å². The SMILES string of the molecule is Cc1ccc2c(-c3ccc4sc5ccccc5c4c3)c3ccccc3c(-c3ccc4c(c3)C(C)(C)c3ccccc3-4)c2c1. The monoisotopic (exact) mass is 566 g/mol. The molecule has 1 heteroatoms. The maximum Gasteiger partial charge on any atom is 0.0355 e. The molecule has 0 N–H and O–H groups in total. The van der Waals surface area contributed by atoms with E-state index in [1.54, 1.807) is 0 Å². The van der Waals surface area contributed by atoms with Crippen molar-refractivity contribution in [2.45, 2.75) is 26.2 Å². The number of hydrogen-bond acceptors (Lipinski definition) is 1. The molecule has 0 fully saturated rings. The summed E-state index contributed by atoms with van der Waals surface area (Å²) in [5.41, 5.74) is 12.0. The van der Waals surface area contributed by atoms with Gasteiger partial charge >= 0.3 is 0 Å². The molecular weight excluding hydrogens is 537 g/mol. The van der Waals surface area contributed by atoms with E-state index in [0.29, 0.717) is 0 Å². The lowest BCUT2D eigenvalue weighted by molar-refractivity contribution is 0.660. The molecule has 8 aromatic rings. The minimum atomic E-state index is -0.0396. The van der Waals surface area contributed by atoms with E-state index in [9.17, 15) is 0 Å². The third kappa shape index (κ3) is 3.49. The van der Waals surface area contributed by atoms with Crippen LogP contribution in [0.5, 0.6) is 0 Å². The predicted molar refractivity (Wildman–Crippen MR) is 188 cm³/mol. The average Bonchev–Trinajstić information content (AvgIpc) is 3.51. The van der Waals surface area contributed by atoms with Crippen LogP contribution in [0.1, 0.15) is 30.5 Å². The Bertz CT molecular complexity index is 2440. The highest BCUT2D eigenvalue weighted by Gasteiger charge is 2.35.